The van der Waals surface area contributed by atoms with Gasteiger partial charge < -0.3 is 11.5 Å². The highest BCUT2D eigenvalue weighted by Crippen LogP contribution is 2.37. The van der Waals surface area contributed by atoms with Crippen LogP contribution in [0.4, 0.5) is 4.39 Å². The van der Waals surface area contributed by atoms with Crippen LogP contribution in [0, 0.1) is 31.0 Å². The molecule has 33 heavy (non-hydrogen) atoms. The number of primary amides is 2. The molecule has 2 amide bonds. The minimum atomic E-state index is -0.913. The molecule has 2 aromatic carbocycles. The van der Waals surface area contributed by atoms with E-state index in [1.54, 1.807) is 30.7 Å². The van der Waals surface area contributed by atoms with Crippen molar-refractivity contribution < 1.29 is 14.0 Å². The summed E-state index contributed by atoms with van der Waals surface area (Å²) in [5.41, 5.74) is 14.0. The Morgan fingerprint density at radius 2 is 1.76 bits per heavy atom. The molecule has 0 aliphatic heterocycles. The van der Waals surface area contributed by atoms with Crippen LogP contribution < -0.4 is 11.5 Å². The molecule has 0 bridgehead atoms. The standard InChI is InChI=1S/C24H19FN6O2/c1-12-18(13(2)31(30-12)11-15-8-6-14(10-26)7-9-15)20-21(23(27)32)19-16(25)4-3-5-17(19)29-22(20)24(28)33/h3-9H,11H2,1-2H3,(H2,27,32)(H2,28,33). The second-order valence-corrected chi connectivity index (χ2v) is 7.59. The summed E-state index contributed by atoms with van der Waals surface area (Å²) in [6.07, 6.45) is 0. The van der Waals surface area contributed by atoms with Crippen molar-refractivity contribution in [1.29, 1.82) is 5.26 Å². The van der Waals surface area contributed by atoms with Gasteiger partial charge in [-0.1, -0.05) is 18.2 Å². The molecule has 0 spiro atoms. The molecule has 0 unspecified atom stereocenters. The Bertz CT molecular complexity index is 1480. The number of fused-ring (bicyclic) bond motifs is 1. The number of hydrogen-bond donors (Lipinski definition) is 2. The molecule has 0 fully saturated rings. The Kier molecular flexibility index (Phi) is 5.35. The van der Waals surface area contributed by atoms with E-state index in [0.29, 0.717) is 29.1 Å². The third-order valence-electron chi connectivity index (χ3n) is 5.49. The molecule has 0 saturated carbocycles. The number of carbonyl (C=O) groups excluding carboxylic acids is 2. The molecule has 8 nitrogen and oxygen atoms in total. The number of hydrogen-bond acceptors (Lipinski definition) is 5. The molecule has 4 N–H and O–H groups in total. The van der Waals surface area contributed by atoms with Gasteiger partial charge in [0.1, 0.15) is 11.5 Å². The maximum Gasteiger partial charge on any atom is 0.267 e. The fourth-order valence-electron chi connectivity index (χ4n) is 4.01. The van der Waals surface area contributed by atoms with E-state index in [1.807, 2.05) is 12.1 Å². The van der Waals surface area contributed by atoms with Crippen molar-refractivity contribution in [1.82, 2.24) is 14.8 Å². The van der Waals surface area contributed by atoms with Crippen LogP contribution in [-0.2, 0) is 6.54 Å². The number of aryl methyl sites for hydroxylation is 1. The van der Waals surface area contributed by atoms with Gasteiger partial charge in [0.25, 0.3) is 5.91 Å². The SMILES string of the molecule is Cc1nn(Cc2ccc(C#N)cc2)c(C)c1-c1c(C(N)=O)nc2cccc(F)c2c1C(N)=O. The van der Waals surface area contributed by atoms with E-state index >= 15 is 0 Å². The van der Waals surface area contributed by atoms with Gasteiger partial charge in [-0.25, -0.2) is 9.37 Å². The lowest BCUT2D eigenvalue weighted by atomic mass is 9.92. The third kappa shape index (κ3) is 3.68. The summed E-state index contributed by atoms with van der Waals surface area (Å²) in [7, 11) is 0. The number of nitriles is 1. The van der Waals surface area contributed by atoms with Crippen LogP contribution in [0.1, 0.15) is 43.4 Å². The van der Waals surface area contributed by atoms with Crippen molar-refractivity contribution in [2.75, 3.05) is 0 Å². The van der Waals surface area contributed by atoms with Crippen LogP contribution >= 0.6 is 0 Å². The highest BCUT2D eigenvalue weighted by Gasteiger charge is 2.28. The van der Waals surface area contributed by atoms with Crippen molar-refractivity contribution >= 4 is 22.7 Å². The number of aromatic nitrogens is 3. The van der Waals surface area contributed by atoms with Crippen LogP contribution in [0.2, 0.25) is 0 Å². The number of pyridine rings is 1. The number of amides is 2. The summed E-state index contributed by atoms with van der Waals surface area (Å²) < 4.78 is 16.5. The van der Waals surface area contributed by atoms with Crippen LogP contribution in [0.5, 0.6) is 0 Å². The summed E-state index contributed by atoms with van der Waals surface area (Å²) in [5, 5.41) is 13.5. The van der Waals surface area contributed by atoms with Crippen LogP contribution in [0.25, 0.3) is 22.0 Å². The minimum Gasteiger partial charge on any atom is -0.366 e. The summed E-state index contributed by atoms with van der Waals surface area (Å²) in [6.45, 7) is 3.84. The van der Waals surface area contributed by atoms with Gasteiger partial charge in [-0.2, -0.15) is 10.4 Å². The van der Waals surface area contributed by atoms with Gasteiger partial charge in [-0.3, -0.25) is 14.3 Å². The summed E-state index contributed by atoms with van der Waals surface area (Å²) >= 11 is 0. The first kappa shape index (κ1) is 21.6. The lowest BCUT2D eigenvalue weighted by Gasteiger charge is -2.15. The van der Waals surface area contributed by atoms with Gasteiger partial charge >= 0.3 is 0 Å². The highest BCUT2D eigenvalue weighted by molar-refractivity contribution is 6.15. The van der Waals surface area contributed by atoms with Crippen LogP contribution in [-0.4, -0.2) is 26.6 Å². The van der Waals surface area contributed by atoms with Gasteiger partial charge in [0, 0.05) is 22.2 Å². The van der Waals surface area contributed by atoms with Gasteiger partial charge in [-0.15, -0.1) is 0 Å². The Morgan fingerprint density at radius 1 is 1.06 bits per heavy atom. The van der Waals surface area contributed by atoms with E-state index in [-0.39, 0.29) is 27.7 Å². The second kappa shape index (κ2) is 8.16. The van der Waals surface area contributed by atoms with Gasteiger partial charge in [0.15, 0.2) is 0 Å². The van der Waals surface area contributed by atoms with Gasteiger partial charge in [-0.05, 0) is 43.7 Å². The van der Waals surface area contributed by atoms with Crippen molar-refractivity contribution in [3.8, 4) is 17.2 Å². The van der Waals surface area contributed by atoms with E-state index in [2.05, 4.69) is 16.2 Å². The number of rotatable bonds is 5. The summed E-state index contributed by atoms with van der Waals surface area (Å²) in [4.78, 5) is 29.1. The van der Waals surface area contributed by atoms with Gasteiger partial charge in [0.05, 0.1) is 35.0 Å². The highest BCUT2D eigenvalue weighted by atomic mass is 19.1. The fraction of sp³-hybridized carbons (Fsp3) is 0.125. The summed E-state index contributed by atoms with van der Waals surface area (Å²) in [6, 6.07) is 13.2. The zero-order chi connectivity index (χ0) is 23.9. The average molecular weight is 442 g/mol. The first-order valence-electron chi connectivity index (χ1n) is 9.98. The van der Waals surface area contributed by atoms with Crippen molar-refractivity contribution in [2.45, 2.75) is 20.4 Å². The van der Waals surface area contributed by atoms with E-state index in [0.717, 1.165) is 5.56 Å². The van der Waals surface area contributed by atoms with E-state index in [4.69, 9.17) is 16.7 Å². The lowest BCUT2D eigenvalue weighted by molar-refractivity contribution is 0.0996. The molecule has 164 valence electrons. The minimum absolute atomic E-state index is 0.0636. The molecule has 0 aliphatic rings. The largest absolute Gasteiger partial charge is 0.366 e. The zero-order valence-corrected chi connectivity index (χ0v) is 17.9. The monoisotopic (exact) mass is 442 g/mol. The molecule has 0 saturated heterocycles. The van der Waals surface area contributed by atoms with Crippen molar-refractivity contribution in [2.24, 2.45) is 11.5 Å². The normalized spacial score (nSPS) is 10.8. The third-order valence-corrected chi connectivity index (χ3v) is 5.49. The number of nitrogens with two attached hydrogens (primary N) is 2. The lowest BCUT2D eigenvalue weighted by Crippen LogP contribution is -2.21. The molecule has 0 atom stereocenters. The summed E-state index contributed by atoms with van der Waals surface area (Å²) in [5.74, 6) is -2.48. The number of halogens is 1. The van der Waals surface area contributed by atoms with Crippen molar-refractivity contribution in [3.63, 3.8) is 0 Å². The van der Waals surface area contributed by atoms with E-state index < -0.39 is 17.6 Å². The van der Waals surface area contributed by atoms with Crippen LogP contribution in [0.3, 0.4) is 0 Å². The number of nitrogens with zero attached hydrogens (tertiary/aromatic N) is 4. The average Bonchev–Trinajstić information content (AvgIpc) is 3.05. The predicted molar refractivity (Wildman–Crippen MR) is 120 cm³/mol. The number of carbonyl (C=O) groups is 2. The predicted octanol–water partition coefficient (Wildman–Crippen LogP) is 2.97. The number of benzene rings is 2. The van der Waals surface area contributed by atoms with Crippen LogP contribution in [0.15, 0.2) is 42.5 Å². The molecule has 0 radical (unpaired) electrons. The first-order chi connectivity index (χ1) is 15.7. The fourth-order valence-corrected chi connectivity index (χ4v) is 4.01. The van der Waals surface area contributed by atoms with E-state index in [1.165, 1.54) is 18.2 Å². The molecule has 2 heterocycles. The Morgan fingerprint density at radius 3 is 2.36 bits per heavy atom. The Hall–Kier alpha value is -4.58. The Labute approximate surface area is 188 Å². The maximum atomic E-state index is 14.8. The zero-order valence-electron chi connectivity index (χ0n) is 17.9. The quantitative estimate of drug-likeness (QED) is 0.489. The second-order valence-electron chi connectivity index (χ2n) is 7.59. The topological polar surface area (TPSA) is 141 Å². The smallest absolute Gasteiger partial charge is 0.267 e. The molecular weight excluding hydrogens is 423 g/mol. The van der Waals surface area contributed by atoms with Gasteiger partial charge in [0.2, 0.25) is 5.91 Å². The molecule has 4 rings (SSSR count). The molecular formula is C24H19FN6O2. The first-order valence-corrected chi connectivity index (χ1v) is 9.98. The maximum absolute atomic E-state index is 14.8. The molecule has 2 aromatic heterocycles. The molecule has 4 aromatic rings. The molecule has 9 heteroatoms. The molecule has 0 aliphatic carbocycles. The van der Waals surface area contributed by atoms with E-state index in [9.17, 15) is 14.0 Å². The Balaban J connectivity index is 1.99. The van der Waals surface area contributed by atoms with Crippen molar-refractivity contribution in [3.05, 3.63) is 82.1 Å².